The first-order valence-electron chi connectivity index (χ1n) is 14.4. The van der Waals surface area contributed by atoms with Gasteiger partial charge in [0.2, 0.25) is 0 Å². The van der Waals surface area contributed by atoms with E-state index in [4.69, 9.17) is 0 Å². The lowest BCUT2D eigenvalue weighted by molar-refractivity contribution is 0.589. The van der Waals surface area contributed by atoms with Gasteiger partial charge in [-0.2, -0.15) is 0 Å². The summed E-state index contributed by atoms with van der Waals surface area (Å²) in [5.41, 5.74) is 9.15. The van der Waals surface area contributed by atoms with Gasteiger partial charge in [-0.15, -0.1) is 0 Å². The van der Waals surface area contributed by atoms with Crippen molar-refractivity contribution in [2.75, 3.05) is 0 Å². The maximum absolute atomic E-state index is 2.56. The van der Waals surface area contributed by atoms with Crippen LogP contribution in [0.1, 0.15) is 75.8 Å². The molecule has 0 saturated heterocycles. The van der Waals surface area contributed by atoms with Gasteiger partial charge in [0.05, 0.1) is 0 Å². The van der Waals surface area contributed by atoms with Crippen molar-refractivity contribution < 1.29 is 0 Å². The van der Waals surface area contributed by atoms with Crippen LogP contribution in [0.2, 0.25) is 0 Å². The summed E-state index contributed by atoms with van der Waals surface area (Å²) >= 11 is 0. The maximum atomic E-state index is 2.56. The molecule has 0 heterocycles. The van der Waals surface area contributed by atoms with Crippen molar-refractivity contribution in [3.05, 3.63) is 143 Å². The highest BCUT2D eigenvalue weighted by Gasteiger charge is 2.52. The lowest BCUT2D eigenvalue weighted by Crippen LogP contribution is -2.64. The van der Waals surface area contributed by atoms with Gasteiger partial charge >= 0.3 is 0 Å². The molecule has 0 aromatic heterocycles. The largest absolute Gasteiger partial charge is 0.156 e. The third-order valence-electron chi connectivity index (χ3n) is 8.92. The van der Waals surface area contributed by atoms with Gasteiger partial charge in [-0.1, -0.05) is 162 Å². The molecule has 2 aliphatic carbocycles. The summed E-state index contributed by atoms with van der Waals surface area (Å²) in [4.78, 5) is 0. The topological polar surface area (TPSA) is 0 Å². The molecule has 0 N–H and O–H groups in total. The van der Waals surface area contributed by atoms with Crippen LogP contribution in [-0.4, -0.2) is 8.07 Å². The van der Waals surface area contributed by atoms with E-state index in [-0.39, 0.29) is 10.8 Å². The van der Waals surface area contributed by atoms with Crippen LogP contribution < -0.4 is 10.4 Å². The van der Waals surface area contributed by atoms with Crippen LogP contribution in [0.3, 0.4) is 0 Å². The highest BCUT2D eigenvalue weighted by molar-refractivity contribution is 7.08. The van der Waals surface area contributed by atoms with Crippen LogP contribution in [0.4, 0.5) is 0 Å². The first kappa shape index (κ1) is 25.8. The first-order valence-corrected chi connectivity index (χ1v) is 16.5. The van der Waals surface area contributed by atoms with Crippen LogP contribution >= 0.6 is 0 Å². The highest BCUT2D eigenvalue weighted by atomic mass is 28.3. The molecule has 0 atom stereocenters. The Balaban J connectivity index is 1.76. The molecular formula is C38H40Si. The average Bonchev–Trinajstić information content (AvgIpc) is 3.57. The molecule has 0 aliphatic heterocycles. The van der Waals surface area contributed by atoms with Crippen molar-refractivity contribution in [3.8, 4) is 11.1 Å². The zero-order valence-corrected chi connectivity index (χ0v) is 25.3. The number of rotatable bonds is 4. The zero-order valence-electron chi connectivity index (χ0n) is 24.3. The molecule has 4 aromatic carbocycles. The van der Waals surface area contributed by atoms with Gasteiger partial charge < -0.3 is 0 Å². The molecule has 0 nitrogen and oxygen atoms in total. The number of allylic oxidation sites excluding steroid dienone is 4. The van der Waals surface area contributed by atoms with Crippen LogP contribution in [0.15, 0.2) is 120 Å². The van der Waals surface area contributed by atoms with Gasteiger partial charge in [0.15, 0.2) is 8.07 Å². The smallest absolute Gasteiger partial charge is 0.0808 e. The number of hydrogen-bond acceptors (Lipinski definition) is 0. The standard InChI is InChI=1S/C38H40Si/c1-37(2,3)27-21-23-32-33-24-22-28(38(4,5)6)26-35(33)36(34(32)25-27)39(31-19-13-14-20-31,29-15-9-7-10-16-29)30-17-11-8-12-18-30/h7-19,21-26,36H,20H2,1-6H3. The van der Waals surface area contributed by atoms with Gasteiger partial charge in [0, 0.05) is 5.54 Å². The van der Waals surface area contributed by atoms with Crippen LogP contribution in [0.25, 0.3) is 11.1 Å². The first-order chi connectivity index (χ1) is 18.6. The number of fused-ring (bicyclic) bond motifs is 3. The van der Waals surface area contributed by atoms with E-state index < -0.39 is 8.07 Å². The lowest BCUT2D eigenvalue weighted by atomic mass is 9.85. The third kappa shape index (κ3) is 4.19. The fourth-order valence-electron chi connectivity index (χ4n) is 6.86. The second kappa shape index (κ2) is 9.35. The van der Waals surface area contributed by atoms with Crippen LogP contribution in [0.5, 0.6) is 0 Å². The molecule has 2 aliphatic rings. The molecular weight excluding hydrogens is 485 g/mol. The normalized spacial score (nSPS) is 15.3. The van der Waals surface area contributed by atoms with E-state index in [0.717, 1.165) is 6.42 Å². The van der Waals surface area contributed by atoms with E-state index in [1.54, 1.807) is 5.20 Å². The molecule has 196 valence electrons. The third-order valence-corrected chi connectivity index (χ3v) is 14.3. The molecule has 0 bridgehead atoms. The van der Waals surface area contributed by atoms with Gasteiger partial charge in [0.1, 0.15) is 0 Å². The quantitative estimate of drug-likeness (QED) is 0.234. The Morgan fingerprint density at radius 1 is 0.590 bits per heavy atom. The van der Waals surface area contributed by atoms with E-state index in [9.17, 15) is 0 Å². The van der Waals surface area contributed by atoms with E-state index >= 15 is 0 Å². The summed E-state index contributed by atoms with van der Waals surface area (Å²) in [5, 5.41) is 4.60. The van der Waals surface area contributed by atoms with Gasteiger partial charge in [-0.3, -0.25) is 0 Å². The second-order valence-corrected chi connectivity index (χ2v) is 17.4. The molecule has 1 heteroatoms. The highest BCUT2D eigenvalue weighted by Crippen LogP contribution is 2.52. The fraction of sp³-hybridized carbons (Fsp3) is 0.263. The molecule has 4 aromatic rings. The summed E-state index contributed by atoms with van der Waals surface area (Å²) in [6.07, 6.45) is 8.12. The summed E-state index contributed by atoms with van der Waals surface area (Å²) in [6, 6.07) is 37.7. The van der Waals surface area contributed by atoms with Crippen LogP contribution in [-0.2, 0) is 10.8 Å². The Labute approximate surface area is 236 Å². The Kier molecular flexibility index (Phi) is 6.19. The minimum atomic E-state index is -2.55. The zero-order chi connectivity index (χ0) is 27.4. The molecule has 0 radical (unpaired) electrons. The van der Waals surface area contributed by atoms with E-state index in [2.05, 4.69) is 157 Å². The van der Waals surface area contributed by atoms with Crippen molar-refractivity contribution in [2.24, 2.45) is 0 Å². The molecule has 0 fully saturated rings. The summed E-state index contributed by atoms with van der Waals surface area (Å²) in [7, 11) is -2.55. The predicted molar refractivity (Wildman–Crippen MR) is 171 cm³/mol. The predicted octanol–water partition coefficient (Wildman–Crippen LogP) is 8.62. The Bertz CT molecular complexity index is 1470. The summed E-state index contributed by atoms with van der Waals surface area (Å²) in [6.45, 7) is 14.0. The van der Waals surface area contributed by atoms with Crippen molar-refractivity contribution in [2.45, 2.75) is 64.3 Å². The van der Waals surface area contributed by atoms with Crippen molar-refractivity contribution in [1.82, 2.24) is 0 Å². The fourth-order valence-corrected chi connectivity index (χ4v) is 12.6. The minimum Gasteiger partial charge on any atom is -0.0808 e. The van der Waals surface area contributed by atoms with Crippen molar-refractivity contribution >= 4 is 18.4 Å². The summed E-state index contributed by atoms with van der Waals surface area (Å²) < 4.78 is 0. The second-order valence-electron chi connectivity index (χ2n) is 13.4. The maximum Gasteiger partial charge on any atom is 0.156 e. The number of hydrogen-bond donors (Lipinski definition) is 0. The van der Waals surface area contributed by atoms with Crippen molar-refractivity contribution in [3.63, 3.8) is 0 Å². The van der Waals surface area contributed by atoms with Crippen molar-refractivity contribution in [1.29, 1.82) is 0 Å². The van der Waals surface area contributed by atoms with Gasteiger partial charge in [0.25, 0.3) is 0 Å². The molecule has 39 heavy (non-hydrogen) atoms. The average molecular weight is 525 g/mol. The molecule has 0 unspecified atom stereocenters. The Hall–Kier alpha value is -3.42. The van der Waals surface area contributed by atoms with Gasteiger partial charge in [-0.25, -0.2) is 0 Å². The Morgan fingerprint density at radius 3 is 1.44 bits per heavy atom. The van der Waals surface area contributed by atoms with E-state index in [0.29, 0.717) is 5.54 Å². The minimum absolute atomic E-state index is 0.0861. The molecule has 6 rings (SSSR count). The molecule has 0 spiro atoms. The molecule has 0 amide bonds. The van der Waals surface area contributed by atoms with Crippen LogP contribution in [0, 0.1) is 0 Å². The SMILES string of the molecule is CC(C)(C)c1ccc2c(c1)C([Si](C1=CC=CC1)(c1ccccc1)c1ccccc1)c1cc(C(C)(C)C)ccc1-2. The van der Waals surface area contributed by atoms with E-state index in [1.807, 2.05) is 0 Å². The Morgan fingerprint density at radius 2 is 1.05 bits per heavy atom. The number of benzene rings is 4. The summed E-state index contributed by atoms with van der Waals surface area (Å²) in [5.74, 6) is 0. The molecule has 0 saturated carbocycles. The van der Waals surface area contributed by atoms with Gasteiger partial charge in [-0.05, 0) is 61.0 Å². The van der Waals surface area contributed by atoms with E-state index in [1.165, 1.54) is 43.8 Å². The lowest BCUT2D eigenvalue weighted by Gasteiger charge is -2.41. The monoisotopic (exact) mass is 524 g/mol.